The van der Waals surface area contributed by atoms with E-state index in [1.165, 1.54) is 0 Å². The molecule has 0 spiro atoms. The summed E-state index contributed by atoms with van der Waals surface area (Å²) in [4.78, 5) is 0. The Morgan fingerprint density at radius 2 is 1.53 bits per heavy atom. The first-order chi connectivity index (χ1) is 8.97. The molecule has 0 saturated carbocycles. The fourth-order valence-electron chi connectivity index (χ4n) is 1.94. The largest absolute Gasteiger partial charge is 0.457 e. The topological polar surface area (TPSA) is 35.2 Å². The average Bonchev–Trinajstić information content (AvgIpc) is 2.36. The Hall–Kier alpha value is -1.51. The summed E-state index contributed by atoms with van der Waals surface area (Å²) < 4.78 is 5.83. The van der Waals surface area contributed by atoms with Gasteiger partial charge in [-0.1, -0.05) is 23.7 Å². The van der Waals surface area contributed by atoms with Crippen LogP contribution in [0.5, 0.6) is 11.5 Å². The Bertz CT molecular complexity index is 553. The van der Waals surface area contributed by atoms with Crippen molar-refractivity contribution < 1.29 is 4.74 Å². The van der Waals surface area contributed by atoms with E-state index in [2.05, 4.69) is 0 Å². The summed E-state index contributed by atoms with van der Waals surface area (Å²) in [7, 11) is 0. The average molecular weight is 276 g/mol. The quantitative estimate of drug-likeness (QED) is 0.876. The zero-order valence-electron chi connectivity index (χ0n) is 11.4. The molecule has 2 aromatic carbocycles. The molecule has 0 heterocycles. The van der Waals surface area contributed by atoms with Crippen LogP contribution in [-0.4, -0.2) is 0 Å². The summed E-state index contributed by atoms with van der Waals surface area (Å²) in [5, 5.41) is 0.791. The molecule has 3 heteroatoms. The number of hydrogen-bond donors (Lipinski definition) is 1. The van der Waals surface area contributed by atoms with E-state index in [1.807, 2.05) is 57.2 Å². The molecule has 0 amide bonds. The van der Waals surface area contributed by atoms with Crippen molar-refractivity contribution in [1.82, 2.24) is 0 Å². The highest BCUT2D eigenvalue weighted by Crippen LogP contribution is 2.29. The fraction of sp³-hybridized carbons (Fsp3) is 0.250. The highest BCUT2D eigenvalue weighted by molar-refractivity contribution is 6.32. The first-order valence-corrected chi connectivity index (χ1v) is 6.65. The van der Waals surface area contributed by atoms with Crippen molar-refractivity contribution in [2.75, 3.05) is 0 Å². The van der Waals surface area contributed by atoms with Gasteiger partial charge in [-0.3, -0.25) is 0 Å². The standard InChI is InChI=1S/C16H18ClNO/c1-10-8-15(9-11(2)16(10)17)19-14-6-4-13(5-7-14)12(3)18/h4-9,12H,18H2,1-3H3. The molecule has 2 nitrogen and oxygen atoms in total. The second-order valence-corrected chi connectivity index (χ2v) is 5.21. The van der Waals surface area contributed by atoms with Crippen molar-refractivity contribution in [1.29, 1.82) is 0 Å². The third-order valence-corrected chi connectivity index (χ3v) is 3.65. The molecule has 0 radical (unpaired) electrons. The summed E-state index contributed by atoms with van der Waals surface area (Å²) in [5.74, 6) is 1.60. The van der Waals surface area contributed by atoms with Crippen LogP contribution in [0.1, 0.15) is 29.7 Å². The van der Waals surface area contributed by atoms with Gasteiger partial charge < -0.3 is 10.5 Å². The minimum absolute atomic E-state index is 0.0362. The lowest BCUT2D eigenvalue weighted by atomic mass is 10.1. The van der Waals surface area contributed by atoms with Crippen LogP contribution in [0.2, 0.25) is 5.02 Å². The minimum atomic E-state index is 0.0362. The van der Waals surface area contributed by atoms with E-state index in [0.717, 1.165) is 33.2 Å². The molecule has 2 aromatic rings. The smallest absolute Gasteiger partial charge is 0.128 e. The number of rotatable bonds is 3. The number of halogens is 1. The molecule has 2 N–H and O–H groups in total. The lowest BCUT2D eigenvalue weighted by Gasteiger charge is -2.11. The van der Waals surface area contributed by atoms with Crippen LogP contribution in [0.4, 0.5) is 0 Å². The van der Waals surface area contributed by atoms with Gasteiger partial charge in [-0.15, -0.1) is 0 Å². The Kier molecular flexibility index (Phi) is 4.13. The maximum absolute atomic E-state index is 6.14. The lowest BCUT2D eigenvalue weighted by molar-refractivity contribution is 0.481. The molecular formula is C16H18ClNO. The first kappa shape index (κ1) is 13.9. The number of aryl methyl sites for hydroxylation is 2. The predicted molar refractivity (Wildman–Crippen MR) is 80.0 cm³/mol. The van der Waals surface area contributed by atoms with E-state index < -0.39 is 0 Å². The second-order valence-electron chi connectivity index (χ2n) is 4.83. The SMILES string of the molecule is Cc1cc(Oc2ccc(C(C)N)cc2)cc(C)c1Cl. The maximum Gasteiger partial charge on any atom is 0.128 e. The van der Waals surface area contributed by atoms with Crippen LogP contribution >= 0.6 is 11.6 Å². The van der Waals surface area contributed by atoms with Crippen molar-refractivity contribution in [2.24, 2.45) is 5.73 Å². The zero-order chi connectivity index (χ0) is 14.0. The van der Waals surface area contributed by atoms with Crippen molar-refractivity contribution in [2.45, 2.75) is 26.8 Å². The molecular weight excluding hydrogens is 258 g/mol. The summed E-state index contributed by atoms with van der Waals surface area (Å²) in [6.45, 7) is 5.91. The predicted octanol–water partition coefficient (Wildman–Crippen LogP) is 4.77. The molecule has 100 valence electrons. The number of benzene rings is 2. The van der Waals surface area contributed by atoms with Crippen molar-refractivity contribution >= 4 is 11.6 Å². The van der Waals surface area contributed by atoms with E-state index >= 15 is 0 Å². The van der Waals surface area contributed by atoms with Crippen molar-refractivity contribution in [3.63, 3.8) is 0 Å². The summed E-state index contributed by atoms with van der Waals surface area (Å²) in [5.41, 5.74) is 8.95. The summed E-state index contributed by atoms with van der Waals surface area (Å²) >= 11 is 6.14. The molecule has 0 aliphatic heterocycles. The van der Waals surface area contributed by atoms with Crippen molar-refractivity contribution in [3.05, 3.63) is 58.1 Å². The third-order valence-electron chi connectivity index (χ3n) is 3.05. The Balaban J connectivity index is 2.21. The zero-order valence-corrected chi connectivity index (χ0v) is 12.2. The van der Waals surface area contributed by atoms with Gasteiger partial charge >= 0.3 is 0 Å². The number of nitrogens with two attached hydrogens (primary N) is 1. The van der Waals surface area contributed by atoms with Crippen LogP contribution in [-0.2, 0) is 0 Å². The van der Waals surface area contributed by atoms with E-state index in [1.54, 1.807) is 0 Å². The van der Waals surface area contributed by atoms with Crippen LogP contribution in [0.25, 0.3) is 0 Å². The Labute approximate surface area is 119 Å². The van der Waals surface area contributed by atoms with Gasteiger partial charge in [-0.25, -0.2) is 0 Å². The molecule has 2 rings (SSSR count). The van der Waals surface area contributed by atoms with Gasteiger partial charge in [0.25, 0.3) is 0 Å². The van der Waals surface area contributed by atoms with Gasteiger partial charge in [0.2, 0.25) is 0 Å². The molecule has 0 saturated heterocycles. The summed E-state index contributed by atoms with van der Waals surface area (Å²) in [6.07, 6.45) is 0. The highest BCUT2D eigenvalue weighted by atomic mass is 35.5. The normalized spacial score (nSPS) is 12.3. The van der Waals surface area contributed by atoms with E-state index in [0.29, 0.717) is 0 Å². The van der Waals surface area contributed by atoms with Crippen LogP contribution in [0.3, 0.4) is 0 Å². The van der Waals surface area contributed by atoms with Gasteiger partial charge in [0.1, 0.15) is 11.5 Å². The molecule has 1 unspecified atom stereocenters. The van der Waals surface area contributed by atoms with Crippen molar-refractivity contribution in [3.8, 4) is 11.5 Å². The monoisotopic (exact) mass is 275 g/mol. The molecule has 0 aliphatic rings. The lowest BCUT2D eigenvalue weighted by Crippen LogP contribution is -2.04. The molecule has 0 aliphatic carbocycles. The van der Waals surface area contributed by atoms with Gasteiger partial charge in [0.15, 0.2) is 0 Å². The van der Waals surface area contributed by atoms with Gasteiger partial charge in [0, 0.05) is 11.1 Å². The molecule has 19 heavy (non-hydrogen) atoms. The molecule has 1 atom stereocenters. The summed E-state index contributed by atoms with van der Waals surface area (Å²) in [6, 6.07) is 11.7. The fourth-order valence-corrected chi connectivity index (χ4v) is 2.05. The minimum Gasteiger partial charge on any atom is -0.457 e. The van der Waals surface area contributed by atoms with Gasteiger partial charge in [0.05, 0.1) is 0 Å². The number of ether oxygens (including phenoxy) is 1. The molecule has 0 aromatic heterocycles. The highest BCUT2D eigenvalue weighted by Gasteiger charge is 2.05. The molecule has 0 fully saturated rings. The van der Waals surface area contributed by atoms with Crippen LogP contribution in [0, 0.1) is 13.8 Å². The van der Waals surface area contributed by atoms with Crippen LogP contribution < -0.4 is 10.5 Å². The van der Waals surface area contributed by atoms with E-state index in [4.69, 9.17) is 22.1 Å². The van der Waals surface area contributed by atoms with E-state index in [-0.39, 0.29) is 6.04 Å². The van der Waals surface area contributed by atoms with Gasteiger partial charge in [-0.05, 0) is 61.7 Å². The van der Waals surface area contributed by atoms with Gasteiger partial charge in [-0.2, -0.15) is 0 Å². The number of hydrogen-bond acceptors (Lipinski definition) is 2. The molecule has 0 bridgehead atoms. The maximum atomic E-state index is 6.14. The second kappa shape index (κ2) is 5.64. The Morgan fingerprint density at radius 3 is 2.00 bits per heavy atom. The van der Waals surface area contributed by atoms with E-state index in [9.17, 15) is 0 Å². The first-order valence-electron chi connectivity index (χ1n) is 6.27. The van der Waals surface area contributed by atoms with Crippen LogP contribution in [0.15, 0.2) is 36.4 Å². The Morgan fingerprint density at radius 1 is 1.00 bits per heavy atom. The third kappa shape index (κ3) is 3.28.